The SMILES string of the molecule is Nc1nc2c(ncn2[C@H]2CC[C@@H](COP(=O)(O)OP(=O)(O)OP(=O)(O)OP(=O)(O)OC[C@@H]3CC[C@H](n4cnc5c(=O)[nH]c(N)nc54)O3)O2)c(=O)[nH]1. The van der Waals surface area contributed by atoms with Gasteiger partial charge in [-0.15, -0.1) is 0 Å². The molecule has 4 aromatic rings. The van der Waals surface area contributed by atoms with Crippen molar-refractivity contribution in [3.8, 4) is 0 Å². The fraction of sp³-hybridized carbons (Fsp3) is 0.500. The molecule has 31 heteroatoms. The maximum absolute atomic E-state index is 12.4. The van der Waals surface area contributed by atoms with Crippen LogP contribution in [0.4, 0.5) is 11.9 Å². The molecule has 4 aromatic heterocycles. The molecule has 0 aliphatic carbocycles. The van der Waals surface area contributed by atoms with Gasteiger partial charge in [0.15, 0.2) is 22.3 Å². The number of ether oxygens (including phenoxy) is 2. The molecule has 0 aromatic carbocycles. The summed E-state index contributed by atoms with van der Waals surface area (Å²) in [4.78, 5) is 84.1. The lowest BCUT2D eigenvalue weighted by atomic mass is 10.2. The third-order valence-electron chi connectivity index (χ3n) is 7.16. The van der Waals surface area contributed by atoms with Crippen molar-refractivity contribution in [3.63, 3.8) is 0 Å². The summed E-state index contributed by atoms with van der Waals surface area (Å²) < 4.78 is 84.8. The predicted octanol–water partition coefficient (Wildman–Crippen LogP) is 0.257. The van der Waals surface area contributed by atoms with Gasteiger partial charge >= 0.3 is 31.3 Å². The predicted molar refractivity (Wildman–Crippen MR) is 166 cm³/mol. The number of nitrogen functional groups attached to an aromatic ring is 2. The first-order valence-corrected chi connectivity index (χ1v) is 20.3. The van der Waals surface area contributed by atoms with E-state index in [-0.39, 0.29) is 59.9 Å². The van der Waals surface area contributed by atoms with E-state index in [0.29, 0.717) is 0 Å². The zero-order valence-corrected chi connectivity index (χ0v) is 29.0. The molecule has 2 fully saturated rings. The Kier molecular flexibility index (Phi) is 10.3. The second-order valence-electron chi connectivity index (χ2n) is 10.8. The fourth-order valence-corrected chi connectivity index (χ4v) is 10.1. The van der Waals surface area contributed by atoms with Gasteiger partial charge in [-0.25, -0.2) is 28.2 Å². The summed E-state index contributed by atoms with van der Waals surface area (Å²) in [6, 6.07) is 0. The van der Waals surface area contributed by atoms with Crippen LogP contribution in [0.15, 0.2) is 22.2 Å². The summed E-state index contributed by atoms with van der Waals surface area (Å²) in [5.74, 6) is -0.347. The lowest BCUT2D eigenvalue weighted by molar-refractivity contribution is -0.0208. The summed E-state index contributed by atoms with van der Waals surface area (Å²) in [5, 5.41) is 0. The molecule has 51 heavy (non-hydrogen) atoms. The van der Waals surface area contributed by atoms with Crippen LogP contribution in [0.5, 0.6) is 0 Å². The molecule has 0 radical (unpaired) electrons. The zero-order valence-electron chi connectivity index (χ0n) is 25.4. The number of hydrogen-bond acceptors (Lipinski definition) is 19. The first kappa shape index (κ1) is 37.5. The number of hydrogen-bond donors (Lipinski definition) is 8. The number of phosphoric acid groups is 4. The van der Waals surface area contributed by atoms with Gasteiger partial charge in [-0.3, -0.25) is 37.7 Å². The van der Waals surface area contributed by atoms with Gasteiger partial charge in [0.05, 0.1) is 38.1 Å². The van der Waals surface area contributed by atoms with Gasteiger partial charge in [-0.05, 0) is 25.7 Å². The Morgan fingerprint density at radius 1 is 0.686 bits per heavy atom. The Bertz CT molecular complexity index is 2120. The van der Waals surface area contributed by atoms with E-state index >= 15 is 0 Å². The Balaban J connectivity index is 0.972. The lowest BCUT2D eigenvalue weighted by Gasteiger charge is -2.21. The number of rotatable bonds is 14. The van der Waals surface area contributed by atoms with Crippen molar-refractivity contribution in [3.05, 3.63) is 33.4 Å². The summed E-state index contributed by atoms with van der Waals surface area (Å²) in [5.41, 5.74) is 10.2. The third kappa shape index (κ3) is 8.88. The number of phosphoric ester groups is 2. The monoisotopic (exact) mass is 804 g/mol. The Labute approximate surface area is 282 Å². The highest BCUT2D eigenvalue weighted by Gasteiger charge is 2.46. The van der Waals surface area contributed by atoms with Crippen molar-refractivity contribution < 1.29 is 69.3 Å². The number of imidazole rings is 2. The van der Waals surface area contributed by atoms with Crippen molar-refractivity contribution in [2.45, 2.75) is 50.3 Å². The van der Waals surface area contributed by atoms with Gasteiger partial charge in [0, 0.05) is 0 Å². The Morgan fingerprint density at radius 2 is 1.06 bits per heavy atom. The van der Waals surface area contributed by atoms with Crippen molar-refractivity contribution in [1.82, 2.24) is 39.0 Å². The summed E-state index contributed by atoms with van der Waals surface area (Å²) in [6.07, 6.45) is 0.192. The molecular weight excluding hydrogens is 776 g/mol. The number of nitrogens with zero attached hydrogens (tertiary/aromatic N) is 6. The largest absolute Gasteiger partial charge is 0.490 e. The highest BCUT2D eigenvalue weighted by Crippen LogP contribution is 2.71. The third-order valence-corrected chi connectivity index (χ3v) is 13.1. The van der Waals surface area contributed by atoms with Crippen LogP contribution in [-0.4, -0.2) is 84.0 Å². The minimum absolute atomic E-state index is 0.0182. The van der Waals surface area contributed by atoms with Gasteiger partial charge in [-0.2, -0.15) is 22.9 Å². The molecule has 2 aliphatic heterocycles. The average Bonchev–Trinajstić information content (AvgIpc) is 3.79. The first-order chi connectivity index (χ1) is 23.8. The lowest BCUT2D eigenvalue weighted by Crippen LogP contribution is -2.17. The smallest absolute Gasteiger partial charge is 0.369 e. The number of fused-ring (bicyclic) bond motifs is 2. The summed E-state index contributed by atoms with van der Waals surface area (Å²) in [7, 11) is -23.1. The van der Waals surface area contributed by atoms with E-state index < -0.39 is 80.3 Å². The molecule has 4 unspecified atom stereocenters. The number of nitrogens with two attached hydrogens (primary N) is 2. The van der Waals surface area contributed by atoms with Crippen LogP contribution < -0.4 is 22.6 Å². The number of H-pyrrole nitrogens is 2. The Morgan fingerprint density at radius 3 is 1.45 bits per heavy atom. The highest BCUT2D eigenvalue weighted by molar-refractivity contribution is 7.69. The Hall–Kier alpha value is -3.22. The van der Waals surface area contributed by atoms with Crippen molar-refractivity contribution in [1.29, 1.82) is 0 Å². The average molecular weight is 804 g/mol. The molecule has 2 saturated heterocycles. The van der Waals surface area contributed by atoms with Crippen LogP contribution in [0, 0.1) is 0 Å². The number of aromatic amines is 2. The molecule has 27 nitrogen and oxygen atoms in total. The van der Waals surface area contributed by atoms with Crippen molar-refractivity contribution in [2.24, 2.45) is 0 Å². The summed E-state index contributed by atoms with van der Waals surface area (Å²) >= 11 is 0. The van der Waals surface area contributed by atoms with E-state index in [1.165, 1.54) is 21.8 Å². The maximum Gasteiger partial charge on any atom is 0.490 e. The van der Waals surface area contributed by atoms with Crippen LogP contribution >= 0.6 is 31.3 Å². The molecule has 0 saturated carbocycles. The van der Waals surface area contributed by atoms with E-state index in [0.717, 1.165) is 0 Å². The molecule has 0 amide bonds. The molecule has 6 heterocycles. The fourth-order valence-electron chi connectivity index (χ4n) is 5.16. The van der Waals surface area contributed by atoms with Crippen molar-refractivity contribution >= 4 is 65.5 Å². The van der Waals surface area contributed by atoms with Gasteiger partial charge in [-0.1, -0.05) is 0 Å². The van der Waals surface area contributed by atoms with Crippen LogP contribution in [0.1, 0.15) is 38.1 Å². The molecule has 280 valence electrons. The van der Waals surface area contributed by atoms with Gasteiger partial charge < -0.3 is 40.5 Å². The van der Waals surface area contributed by atoms with Crippen LogP contribution in [-0.2, 0) is 49.7 Å². The molecule has 8 atom stereocenters. The van der Waals surface area contributed by atoms with Crippen LogP contribution in [0.2, 0.25) is 0 Å². The first-order valence-electron chi connectivity index (χ1n) is 14.3. The van der Waals surface area contributed by atoms with Crippen molar-refractivity contribution in [2.75, 3.05) is 24.7 Å². The maximum atomic E-state index is 12.4. The second kappa shape index (κ2) is 14.0. The van der Waals surface area contributed by atoms with E-state index in [9.17, 15) is 47.4 Å². The normalized spacial score (nSPS) is 25.8. The number of aromatic nitrogens is 8. The van der Waals surface area contributed by atoms with E-state index in [1.807, 2.05) is 0 Å². The minimum atomic E-state index is -6.02. The van der Waals surface area contributed by atoms with Crippen LogP contribution in [0.25, 0.3) is 22.3 Å². The van der Waals surface area contributed by atoms with Gasteiger partial charge in [0.2, 0.25) is 11.9 Å². The molecule has 6 rings (SSSR count). The summed E-state index contributed by atoms with van der Waals surface area (Å²) in [6.45, 7) is -1.41. The topological polar surface area (TPSA) is 393 Å². The quantitative estimate of drug-likeness (QED) is 0.0792. The number of nitrogens with one attached hydrogen (secondary N) is 2. The molecule has 0 spiro atoms. The van der Waals surface area contributed by atoms with E-state index in [4.69, 9.17) is 20.9 Å². The minimum Gasteiger partial charge on any atom is -0.369 e. The molecule has 2 aliphatic rings. The van der Waals surface area contributed by atoms with Crippen LogP contribution in [0.3, 0.4) is 0 Å². The zero-order chi connectivity index (χ0) is 36.9. The number of anilines is 2. The van der Waals surface area contributed by atoms with E-state index in [2.05, 4.69) is 51.9 Å². The van der Waals surface area contributed by atoms with Gasteiger partial charge in [0.1, 0.15) is 12.5 Å². The molecular formula is C20H28N10O17P4. The van der Waals surface area contributed by atoms with E-state index in [1.54, 1.807) is 0 Å². The molecule has 10 N–H and O–H groups in total. The molecule has 0 bridgehead atoms. The standard InChI is InChI=1S/C20H28N10O17P4/c21-19-25-15-13(17(31)27-19)23-7-29(15)11-3-1-9(43-11)5-41-48(33,34)45-50(37,38)47-51(39,40)46-49(35,36)42-6-10-2-4-12(44-10)30-8-24-14-16(30)26-20(22)28-18(14)32/h7-12H,1-6H2,(H,33,34)(H,35,36)(H,37,38)(H,39,40)(H3,21,25,27,31)(H3,22,26,28,32)/t9-,10-,11+,12+/m0/s1. The highest BCUT2D eigenvalue weighted by atomic mass is 31.3. The van der Waals surface area contributed by atoms with Gasteiger partial charge in [0.25, 0.3) is 11.1 Å². The second-order valence-corrected chi connectivity index (χ2v) is 17.1.